The van der Waals surface area contributed by atoms with Crippen LogP contribution >= 0.6 is 0 Å². The molecule has 0 radical (unpaired) electrons. The van der Waals surface area contributed by atoms with Gasteiger partial charge in [0.05, 0.1) is 6.10 Å². The number of hydrogen-bond donors (Lipinski definition) is 0. The van der Waals surface area contributed by atoms with Crippen LogP contribution in [0.5, 0.6) is 0 Å². The van der Waals surface area contributed by atoms with E-state index in [2.05, 4.69) is 0 Å². The van der Waals surface area contributed by atoms with Gasteiger partial charge in [-0.05, 0) is 32.4 Å². The van der Waals surface area contributed by atoms with Gasteiger partial charge in [0.1, 0.15) is 0 Å². The molecule has 1 aromatic carbocycles. The van der Waals surface area contributed by atoms with Crippen LogP contribution in [0, 0.1) is 6.92 Å². The van der Waals surface area contributed by atoms with Crippen molar-refractivity contribution in [2.75, 3.05) is 0 Å². The molecule has 0 aliphatic rings. The molecule has 0 amide bonds. The van der Waals surface area contributed by atoms with Crippen molar-refractivity contribution in [3.8, 4) is 0 Å². The summed E-state index contributed by atoms with van der Waals surface area (Å²) in [5.74, 6) is -0.300. The lowest BCUT2D eigenvalue weighted by atomic mass is 10.1. The first-order valence-electron chi connectivity index (χ1n) is 5.03. The van der Waals surface area contributed by atoms with Crippen molar-refractivity contribution in [3.63, 3.8) is 0 Å². The predicted molar refractivity (Wildman–Crippen MR) is 61.4 cm³/mol. The lowest BCUT2D eigenvalue weighted by Gasteiger charge is -2.03. The Bertz CT molecular complexity index is 347. The first-order valence-corrected chi connectivity index (χ1v) is 5.03. The molecule has 2 nitrogen and oxygen atoms in total. The van der Waals surface area contributed by atoms with Crippen LogP contribution in [0.15, 0.2) is 30.3 Å². The van der Waals surface area contributed by atoms with E-state index < -0.39 is 0 Å². The Morgan fingerprint density at radius 3 is 2.40 bits per heavy atom. The van der Waals surface area contributed by atoms with E-state index in [0.717, 1.165) is 5.56 Å². The fraction of sp³-hybridized carbons (Fsp3) is 0.308. The van der Waals surface area contributed by atoms with Gasteiger partial charge in [0.15, 0.2) is 0 Å². The highest BCUT2D eigenvalue weighted by molar-refractivity contribution is 5.87. The van der Waals surface area contributed by atoms with Crippen molar-refractivity contribution >= 4 is 12.0 Å². The van der Waals surface area contributed by atoms with Crippen LogP contribution < -0.4 is 0 Å². The van der Waals surface area contributed by atoms with Crippen LogP contribution in [0.1, 0.15) is 25.0 Å². The van der Waals surface area contributed by atoms with Crippen molar-refractivity contribution in [2.45, 2.75) is 26.9 Å². The second-order valence-electron chi connectivity index (χ2n) is 3.73. The van der Waals surface area contributed by atoms with Gasteiger partial charge in [-0.15, -0.1) is 0 Å². The summed E-state index contributed by atoms with van der Waals surface area (Å²) in [7, 11) is 0. The summed E-state index contributed by atoms with van der Waals surface area (Å²) < 4.78 is 4.97. The Morgan fingerprint density at radius 1 is 1.27 bits per heavy atom. The highest BCUT2D eigenvalue weighted by Gasteiger charge is 1.99. The first-order chi connectivity index (χ1) is 7.08. The maximum atomic E-state index is 11.2. The zero-order valence-electron chi connectivity index (χ0n) is 9.36. The minimum Gasteiger partial charge on any atom is -0.460 e. The Kier molecular flexibility index (Phi) is 4.10. The minimum atomic E-state index is -0.300. The first kappa shape index (κ1) is 11.5. The third kappa shape index (κ3) is 4.45. The molecule has 0 aliphatic heterocycles. The van der Waals surface area contributed by atoms with Gasteiger partial charge in [-0.25, -0.2) is 4.79 Å². The summed E-state index contributed by atoms with van der Waals surface area (Å²) >= 11 is 0. The van der Waals surface area contributed by atoms with Crippen LogP contribution in [0.25, 0.3) is 6.08 Å². The Hall–Kier alpha value is -1.57. The molecule has 0 fully saturated rings. The zero-order chi connectivity index (χ0) is 11.3. The van der Waals surface area contributed by atoms with Gasteiger partial charge in [0, 0.05) is 6.08 Å². The monoisotopic (exact) mass is 204 g/mol. The average molecular weight is 204 g/mol. The number of aryl methyl sites for hydroxylation is 1. The van der Waals surface area contributed by atoms with Gasteiger partial charge in [-0.3, -0.25) is 0 Å². The second kappa shape index (κ2) is 5.35. The summed E-state index contributed by atoms with van der Waals surface area (Å²) in [6, 6.07) is 7.95. The van der Waals surface area contributed by atoms with Crippen molar-refractivity contribution in [3.05, 3.63) is 41.5 Å². The minimum absolute atomic E-state index is 0.0693. The summed E-state index contributed by atoms with van der Waals surface area (Å²) in [5, 5.41) is 0. The Balaban J connectivity index is 2.57. The van der Waals surface area contributed by atoms with Gasteiger partial charge in [-0.2, -0.15) is 0 Å². The van der Waals surface area contributed by atoms with Crippen LogP contribution in [-0.4, -0.2) is 12.1 Å². The number of esters is 1. The van der Waals surface area contributed by atoms with Crippen molar-refractivity contribution in [1.82, 2.24) is 0 Å². The molecule has 15 heavy (non-hydrogen) atoms. The van der Waals surface area contributed by atoms with E-state index in [0.29, 0.717) is 0 Å². The highest BCUT2D eigenvalue weighted by atomic mass is 16.5. The Morgan fingerprint density at radius 2 is 1.87 bits per heavy atom. The van der Waals surface area contributed by atoms with Gasteiger partial charge in [-0.1, -0.05) is 29.8 Å². The van der Waals surface area contributed by atoms with Gasteiger partial charge >= 0.3 is 5.97 Å². The highest BCUT2D eigenvalue weighted by Crippen LogP contribution is 2.05. The molecule has 1 aromatic rings. The average Bonchev–Trinajstić information content (AvgIpc) is 2.16. The fourth-order valence-electron chi connectivity index (χ4n) is 1.11. The summed E-state index contributed by atoms with van der Waals surface area (Å²) in [6.45, 7) is 5.69. The van der Waals surface area contributed by atoms with Gasteiger partial charge < -0.3 is 4.74 Å². The van der Waals surface area contributed by atoms with E-state index in [1.165, 1.54) is 11.6 Å². The summed E-state index contributed by atoms with van der Waals surface area (Å²) in [6.07, 6.45) is 3.13. The molecule has 0 saturated heterocycles. The smallest absolute Gasteiger partial charge is 0.331 e. The quantitative estimate of drug-likeness (QED) is 0.559. The molecule has 0 N–H and O–H groups in total. The van der Waals surface area contributed by atoms with Crippen molar-refractivity contribution in [1.29, 1.82) is 0 Å². The van der Waals surface area contributed by atoms with Crippen molar-refractivity contribution < 1.29 is 9.53 Å². The van der Waals surface area contributed by atoms with Crippen LogP contribution in [0.2, 0.25) is 0 Å². The Labute approximate surface area is 90.6 Å². The SMILES string of the molecule is Cc1ccc(/C=C/C(=O)OC(C)C)cc1. The lowest BCUT2D eigenvalue weighted by molar-refractivity contribution is -0.141. The van der Waals surface area contributed by atoms with Crippen molar-refractivity contribution in [2.24, 2.45) is 0 Å². The molecule has 0 bridgehead atoms. The summed E-state index contributed by atoms with van der Waals surface area (Å²) in [4.78, 5) is 11.2. The van der Waals surface area contributed by atoms with Crippen LogP contribution in [0.3, 0.4) is 0 Å². The number of ether oxygens (including phenoxy) is 1. The molecule has 0 spiro atoms. The molecular weight excluding hydrogens is 188 g/mol. The molecule has 0 unspecified atom stereocenters. The maximum Gasteiger partial charge on any atom is 0.331 e. The van der Waals surface area contributed by atoms with E-state index in [1.54, 1.807) is 6.08 Å². The van der Waals surface area contributed by atoms with E-state index in [4.69, 9.17) is 4.74 Å². The molecule has 0 heterocycles. The normalized spacial score (nSPS) is 10.9. The fourth-order valence-corrected chi connectivity index (χ4v) is 1.11. The molecule has 0 aliphatic carbocycles. The lowest BCUT2D eigenvalue weighted by Crippen LogP contribution is -2.08. The summed E-state index contributed by atoms with van der Waals surface area (Å²) in [5.41, 5.74) is 2.21. The largest absolute Gasteiger partial charge is 0.460 e. The third-order valence-electron chi connectivity index (χ3n) is 1.84. The number of rotatable bonds is 3. The predicted octanol–water partition coefficient (Wildman–Crippen LogP) is 2.96. The molecule has 0 aromatic heterocycles. The molecule has 0 atom stereocenters. The maximum absolute atomic E-state index is 11.2. The van der Waals surface area contributed by atoms with E-state index in [9.17, 15) is 4.79 Å². The number of carbonyl (C=O) groups is 1. The third-order valence-corrected chi connectivity index (χ3v) is 1.84. The molecular formula is C13H16O2. The van der Waals surface area contributed by atoms with E-state index in [-0.39, 0.29) is 12.1 Å². The van der Waals surface area contributed by atoms with Gasteiger partial charge in [0.2, 0.25) is 0 Å². The number of hydrogen-bond acceptors (Lipinski definition) is 2. The number of benzene rings is 1. The van der Waals surface area contributed by atoms with Gasteiger partial charge in [0.25, 0.3) is 0 Å². The van der Waals surface area contributed by atoms with E-state index in [1.807, 2.05) is 45.0 Å². The van der Waals surface area contributed by atoms with Crippen LogP contribution in [-0.2, 0) is 9.53 Å². The molecule has 80 valence electrons. The second-order valence-corrected chi connectivity index (χ2v) is 3.73. The number of carbonyl (C=O) groups excluding carboxylic acids is 1. The molecule has 0 saturated carbocycles. The van der Waals surface area contributed by atoms with Crippen LogP contribution in [0.4, 0.5) is 0 Å². The molecule has 1 rings (SSSR count). The topological polar surface area (TPSA) is 26.3 Å². The zero-order valence-corrected chi connectivity index (χ0v) is 9.36. The molecule has 2 heteroatoms. The van der Waals surface area contributed by atoms with E-state index >= 15 is 0 Å². The standard InChI is InChI=1S/C13H16O2/c1-10(2)15-13(14)9-8-12-6-4-11(3)5-7-12/h4-10H,1-3H3/b9-8+.